The Hall–Kier alpha value is -2.50. The largest absolute Gasteiger partial charge is 0.495 e. The Morgan fingerprint density at radius 1 is 1.04 bits per heavy atom. The predicted octanol–water partition coefficient (Wildman–Crippen LogP) is 5.12. The van der Waals surface area contributed by atoms with Crippen molar-refractivity contribution in [2.75, 3.05) is 19.5 Å². The van der Waals surface area contributed by atoms with Crippen molar-refractivity contribution in [3.8, 4) is 11.5 Å². The lowest BCUT2D eigenvalue weighted by atomic mass is 10.1. The van der Waals surface area contributed by atoms with Crippen molar-refractivity contribution in [3.05, 3.63) is 57.7 Å². The second kappa shape index (κ2) is 7.40. The number of carbonyl (C=O) groups excluding carboxylic acids is 1. The topological polar surface area (TPSA) is 60.5 Å². The average molecular weight is 391 g/mol. The number of pyridine rings is 1. The van der Waals surface area contributed by atoms with E-state index >= 15 is 0 Å². The Morgan fingerprint density at radius 3 is 2.46 bits per heavy atom. The number of methoxy groups -OCH3 is 2. The van der Waals surface area contributed by atoms with Gasteiger partial charge in [0.1, 0.15) is 11.5 Å². The van der Waals surface area contributed by atoms with Gasteiger partial charge >= 0.3 is 0 Å². The molecule has 0 saturated heterocycles. The molecule has 0 aliphatic rings. The van der Waals surface area contributed by atoms with Crippen molar-refractivity contribution in [2.45, 2.75) is 6.92 Å². The van der Waals surface area contributed by atoms with Crippen molar-refractivity contribution < 1.29 is 14.3 Å². The Kier molecular flexibility index (Phi) is 5.20. The first-order valence-corrected chi connectivity index (χ1v) is 8.48. The molecular formula is C19H16Cl2N2O3. The van der Waals surface area contributed by atoms with Crippen LogP contribution in [0.3, 0.4) is 0 Å². The predicted molar refractivity (Wildman–Crippen MR) is 104 cm³/mol. The standard InChI is InChI=1S/C19H16Cl2N2O3/c1-10-13(7-11-6-12(20)4-5-15(11)22-10)19(24)23-16-8-14(21)17(25-2)9-18(16)26-3/h4-9H,1-3H3,(H,23,24). The summed E-state index contributed by atoms with van der Waals surface area (Å²) in [5.74, 6) is 0.574. The van der Waals surface area contributed by atoms with Gasteiger partial charge in [-0.25, -0.2) is 0 Å². The van der Waals surface area contributed by atoms with Gasteiger partial charge < -0.3 is 14.8 Å². The zero-order chi connectivity index (χ0) is 18.8. The van der Waals surface area contributed by atoms with Crippen LogP contribution in [0.25, 0.3) is 10.9 Å². The molecule has 1 N–H and O–H groups in total. The average Bonchev–Trinajstić information content (AvgIpc) is 2.61. The fourth-order valence-corrected chi connectivity index (χ4v) is 3.04. The third kappa shape index (κ3) is 3.54. The first-order valence-electron chi connectivity index (χ1n) is 7.72. The van der Waals surface area contributed by atoms with Crippen LogP contribution in [0.1, 0.15) is 16.1 Å². The summed E-state index contributed by atoms with van der Waals surface area (Å²) in [6, 6.07) is 10.3. The molecule has 7 heteroatoms. The fraction of sp³-hybridized carbons (Fsp3) is 0.158. The summed E-state index contributed by atoms with van der Waals surface area (Å²) in [6.07, 6.45) is 0. The molecule has 1 aromatic heterocycles. The summed E-state index contributed by atoms with van der Waals surface area (Å²) < 4.78 is 10.5. The maximum absolute atomic E-state index is 12.8. The molecule has 0 atom stereocenters. The van der Waals surface area contributed by atoms with Crippen LogP contribution >= 0.6 is 23.2 Å². The van der Waals surface area contributed by atoms with E-state index in [2.05, 4.69) is 10.3 Å². The van der Waals surface area contributed by atoms with E-state index in [-0.39, 0.29) is 5.91 Å². The van der Waals surface area contributed by atoms with Crippen LogP contribution in [0, 0.1) is 6.92 Å². The summed E-state index contributed by atoms with van der Waals surface area (Å²) in [5, 5.41) is 4.54. The highest BCUT2D eigenvalue weighted by Gasteiger charge is 2.16. The van der Waals surface area contributed by atoms with Crippen LogP contribution in [0.4, 0.5) is 5.69 Å². The molecule has 0 spiro atoms. The van der Waals surface area contributed by atoms with E-state index in [0.29, 0.717) is 38.5 Å². The van der Waals surface area contributed by atoms with Gasteiger partial charge in [0, 0.05) is 16.5 Å². The number of halogens is 2. The first-order chi connectivity index (χ1) is 12.4. The van der Waals surface area contributed by atoms with Crippen LogP contribution in [-0.2, 0) is 0 Å². The number of anilines is 1. The fourth-order valence-electron chi connectivity index (χ4n) is 2.62. The number of aromatic nitrogens is 1. The van der Waals surface area contributed by atoms with Gasteiger partial charge in [-0.05, 0) is 37.3 Å². The second-order valence-corrected chi connectivity index (χ2v) is 6.44. The Balaban J connectivity index is 1.99. The second-order valence-electron chi connectivity index (χ2n) is 5.60. The number of nitrogens with one attached hydrogen (secondary N) is 1. The van der Waals surface area contributed by atoms with E-state index in [1.165, 1.54) is 14.2 Å². The van der Waals surface area contributed by atoms with E-state index in [0.717, 1.165) is 10.9 Å². The van der Waals surface area contributed by atoms with E-state index in [9.17, 15) is 4.79 Å². The van der Waals surface area contributed by atoms with Gasteiger partial charge in [0.2, 0.25) is 0 Å². The highest BCUT2D eigenvalue weighted by atomic mass is 35.5. The van der Waals surface area contributed by atoms with Crippen molar-refractivity contribution in [1.82, 2.24) is 4.98 Å². The molecule has 134 valence electrons. The lowest BCUT2D eigenvalue weighted by molar-refractivity contribution is 0.102. The number of nitrogens with zero attached hydrogens (tertiary/aromatic N) is 1. The molecule has 0 bridgehead atoms. The van der Waals surface area contributed by atoms with Crippen LogP contribution in [0.5, 0.6) is 11.5 Å². The number of ether oxygens (including phenoxy) is 2. The summed E-state index contributed by atoms with van der Waals surface area (Å²) in [6.45, 7) is 1.78. The molecule has 0 fully saturated rings. The number of amides is 1. The molecule has 1 heterocycles. The Bertz CT molecular complexity index is 1010. The monoisotopic (exact) mass is 390 g/mol. The van der Waals surface area contributed by atoms with E-state index in [1.807, 2.05) is 6.07 Å². The van der Waals surface area contributed by atoms with Crippen molar-refractivity contribution in [3.63, 3.8) is 0 Å². The number of hydrogen-bond donors (Lipinski definition) is 1. The zero-order valence-electron chi connectivity index (χ0n) is 14.4. The summed E-state index contributed by atoms with van der Waals surface area (Å²) >= 11 is 12.2. The van der Waals surface area contributed by atoms with Gasteiger partial charge in [0.15, 0.2) is 0 Å². The minimum absolute atomic E-state index is 0.323. The van der Waals surface area contributed by atoms with Gasteiger partial charge in [-0.1, -0.05) is 23.2 Å². The molecule has 0 saturated carbocycles. The van der Waals surface area contributed by atoms with E-state index in [1.54, 1.807) is 37.3 Å². The molecule has 5 nitrogen and oxygen atoms in total. The van der Waals surface area contributed by atoms with Gasteiger partial charge in [0.25, 0.3) is 5.91 Å². The number of hydrogen-bond acceptors (Lipinski definition) is 4. The van der Waals surface area contributed by atoms with Crippen LogP contribution in [0.2, 0.25) is 10.0 Å². The zero-order valence-corrected chi connectivity index (χ0v) is 15.9. The molecule has 2 aromatic carbocycles. The summed E-state index contributed by atoms with van der Waals surface area (Å²) in [5.41, 5.74) is 2.26. The first kappa shape index (κ1) is 18.3. The van der Waals surface area contributed by atoms with Gasteiger partial charge in [-0.3, -0.25) is 9.78 Å². The minimum atomic E-state index is -0.323. The normalized spacial score (nSPS) is 10.7. The molecule has 0 radical (unpaired) electrons. The molecule has 1 amide bonds. The SMILES string of the molecule is COc1cc(OC)c(NC(=O)c2cc3cc(Cl)ccc3nc2C)cc1Cl. The highest BCUT2D eigenvalue weighted by Crippen LogP contribution is 2.36. The highest BCUT2D eigenvalue weighted by molar-refractivity contribution is 6.32. The summed E-state index contributed by atoms with van der Waals surface area (Å²) in [4.78, 5) is 17.3. The van der Waals surface area contributed by atoms with Crippen LogP contribution < -0.4 is 14.8 Å². The number of fused-ring (bicyclic) bond motifs is 1. The number of aryl methyl sites for hydroxylation is 1. The molecule has 0 unspecified atom stereocenters. The molecule has 0 aliphatic carbocycles. The van der Waals surface area contributed by atoms with Crippen molar-refractivity contribution in [2.24, 2.45) is 0 Å². The molecule has 3 rings (SSSR count). The molecule has 26 heavy (non-hydrogen) atoms. The van der Waals surface area contributed by atoms with E-state index < -0.39 is 0 Å². The smallest absolute Gasteiger partial charge is 0.257 e. The summed E-state index contributed by atoms with van der Waals surface area (Å²) in [7, 11) is 3.01. The maximum atomic E-state index is 12.8. The molecular weight excluding hydrogens is 375 g/mol. The third-order valence-corrected chi connectivity index (χ3v) is 4.46. The lowest BCUT2D eigenvalue weighted by Gasteiger charge is -2.14. The van der Waals surface area contributed by atoms with Crippen molar-refractivity contribution in [1.29, 1.82) is 0 Å². The number of rotatable bonds is 4. The van der Waals surface area contributed by atoms with Gasteiger partial charge in [0.05, 0.1) is 41.7 Å². The van der Waals surface area contributed by atoms with Crippen molar-refractivity contribution >= 4 is 45.7 Å². The quantitative estimate of drug-likeness (QED) is 0.671. The lowest BCUT2D eigenvalue weighted by Crippen LogP contribution is -2.15. The van der Waals surface area contributed by atoms with Crippen LogP contribution in [0.15, 0.2) is 36.4 Å². The van der Waals surface area contributed by atoms with Crippen LogP contribution in [-0.4, -0.2) is 25.1 Å². The maximum Gasteiger partial charge on any atom is 0.257 e. The van der Waals surface area contributed by atoms with E-state index in [4.69, 9.17) is 32.7 Å². The number of carbonyl (C=O) groups is 1. The molecule has 0 aliphatic heterocycles. The minimum Gasteiger partial charge on any atom is -0.495 e. The number of benzene rings is 2. The van der Waals surface area contributed by atoms with Gasteiger partial charge in [-0.15, -0.1) is 0 Å². The van der Waals surface area contributed by atoms with Gasteiger partial charge in [-0.2, -0.15) is 0 Å². The molecule has 3 aromatic rings. The third-order valence-electron chi connectivity index (χ3n) is 3.93. The Labute approximate surface area is 160 Å². The Morgan fingerprint density at radius 2 is 1.77 bits per heavy atom.